The van der Waals surface area contributed by atoms with Gasteiger partial charge in [0.15, 0.2) is 0 Å². The minimum atomic E-state index is 0.223. The molecule has 0 atom stereocenters. The highest BCUT2D eigenvalue weighted by Gasteiger charge is 2.10. The van der Waals surface area contributed by atoms with Crippen molar-refractivity contribution in [1.82, 2.24) is 4.90 Å². The molecule has 1 fully saturated rings. The molecule has 2 aromatic carbocycles. The van der Waals surface area contributed by atoms with Gasteiger partial charge in [-0.05, 0) is 61.2 Å². The molecule has 2 aromatic rings. The fourth-order valence-corrected chi connectivity index (χ4v) is 3.80. The van der Waals surface area contributed by atoms with Crippen LogP contribution >= 0.6 is 11.8 Å². The molecule has 122 valence electrons. The van der Waals surface area contributed by atoms with Crippen molar-refractivity contribution in [3.63, 3.8) is 0 Å². The van der Waals surface area contributed by atoms with Gasteiger partial charge >= 0.3 is 0 Å². The van der Waals surface area contributed by atoms with Gasteiger partial charge in [0, 0.05) is 17.2 Å². The summed E-state index contributed by atoms with van der Waals surface area (Å²) in [6, 6.07) is 17.6. The van der Waals surface area contributed by atoms with E-state index in [0.29, 0.717) is 0 Å². The monoisotopic (exact) mass is 327 g/mol. The van der Waals surface area contributed by atoms with Gasteiger partial charge in [-0.25, -0.2) is 0 Å². The highest BCUT2D eigenvalue weighted by molar-refractivity contribution is 7.99. The Morgan fingerprint density at radius 3 is 2.48 bits per heavy atom. The summed E-state index contributed by atoms with van der Waals surface area (Å²) < 4.78 is 0. The van der Waals surface area contributed by atoms with Gasteiger partial charge in [0.05, 0.1) is 6.61 Å². The van der Waals surface area contributed by atoms with Crippen molar-refractivity contribution in [3.8, 4) is 11.1 Å². The van der Waals surface area contributed by atoms with Crippen LogP contribution in [0, 0.1) is 0 Å². The second-order valence-electron chi connectivity index (χ2n) is 6.10. The van der Waals surface area contributed by atoms with Gasteiger partial charge in [0.1, 0.15) is 0 Å². The average Bonchev–Trinajstić information content (AvgIpc) is 3.12. The summed E-state index contributed by atoms with van der Waals surface area (Å²) in [7, 11) is 0. The SMILES string of the molecule is OCCSc1cccc(-c2ccc(CCN3CCCC3)cc2)c1. The van der Waals surface area contributed by atoms with E-state index in [0.717, 1.165) is 12.2 Å². The summed E-state index contributed by atoms with van der Waals surface area (Å²) in [5.41, 5.74) is 3.94. The highest BCUT2D eigenvalue weighted by Crippen LogP contribution is 2.26. The van der Waals surface area contributed by atoms with E-state index in [2.05, 4.69) is 53.4 Å². The fraction of sp³-hybridized carbons (Fsp3) is 0.400. The molecule has 0 bridgehead atoms. The van der Waals surface area contributed by atoms with Crippen molar-refractivity contribution in [2.45, 2.75) is 24.2 Å². The number of hydrogen-bond acceptors (Lipinski definition) is 3. The van der Waals surface area contributed by atoms with E-state index in [4.69, 9.17) is 5.11 Å². The third-order valence-electron chi connectivity index (χ3n) is 4.40. The summed E-state index contributed by atoms with van der Waals surface area (Å²) in [5, 5.41) is 8.95. The number of thioether (sulfide) groups is 1. The topological polar surface area (TPSA) is 23.5 Å². The summed E-state index contributed by atoms with van der Waals surface area (Å²) in [4.78, 5) is 3.78. The summed E-state index contributed by atoms with van der Waals surface area (Å²) in [6.07, 6.45) is 3.87. The summed E-state index contributed by atoms with van der Waals surface area (Å²) in [5.74, 6) is 0.749. The standard InChI is InChI=1S/C20H25NOS/c22-14-15-23-20-5-3-4-19(16-20)18-8-6-17(7-9-18)10-13-21-11-1-2-12-21/h3-9,16,22H,1-2,10-15H2. The lowest BCUT2D eigenvalue weighted by atomic mass is 10.0. The average molecular weight is 327 g/mol. The highest BCUT2D eigenvalue weighted by atomic mass is 32.2. The predicted octanol–water partition coefficient (Wildman–Crippen LogP) is 4.08. The fourth-order valence-electron chi connectivity index (χ4n) is 3.09. The van der Waals surface area contributed by atoms with E-state index in [1.807, 2.05) is 0 Å². The maximum Gasteiger partial charge on any atom is 0.0525 e. The maximum atomic E-state index is 8.95. The van der Waals surface area contributed by atoms with Crippen molar-refractivity contribution in [3.05, 3.63) is 54.1 Å². The Morgan fingerprint density at radius 1 is 0.957 bits per heavy atom. The number of likely N-dealkylation sites (tertiary alicyclic amines) is 1. The minimum absolute atomic E-state index is 0.223. The lowest BCUT2D eigenvalue weighted by Crippen LogP contribution is -2.21. The number of hydrogen-bond donors (Lipinski definition) is 1. The van der Waals surface area contributed by atoms with Gasteiger partial charge in [-0.3, -0.25) is 0 Å². The zero-order chi connectivity index (χ0) is 15.9. The van der Waals surface area contributed by atoms with E-state index in [1.165, 1.54) is 54.1 Å². The molecule has 0 unspecified atom stereocenters. The van der Waals surface area contributed by atoms with Crippen LogP contribution in [-0.2, 0) is 6.42 Å². The first kappa shape index (κ1) is 16.6. The predicted molar refractivity (Wildman–Crippen MR) is 99.1 cm³/mol. The van der Waals surface area contributed by atoms with Gasteiger partial charge in [-0.15, -0.1) is 11.8 Å². The normalized spacial score (nSPS) is 15.2. The van der Waals surface area contributed by atoms with E-state index in [1.54, 1.807) is 11.8 Å². The quantitative estimate of drug-likeness (QED) is 0.775. The molecule has 3 heteroatoms. The molecule has 1 heterocycles. The third kappa shape index (κ3) is 4.84. The van der Waals surface area contributed by atoms with Gasteiger partial charge in [-0.1, -0.05) is 36.4 Å². The van der Waals surface area contributed by atoms with Gasteiger partial charge in [0.2, 0.25) is 0 Å². The first-order valence-corrected chi connectivity index (χ1v) is 9.49. The van der Waals surface area contributed by atoms with Crippen LogP contribution in [0.15, 0.2) is 53.4 Å². The third-order valence-corrected chi connectivity index (χ3v) is 5.37. The molecule has 1 N–H and O–H groups in total. The van der Waals surface area contributed by atoms with Crippen LogP contribution in [0.2, 0.25) is 0 Å². The van der Waals surface area contributed by atoms with Gasteiger partial charge < -0.3 is 10.0 Å². The first-order chi connectivity index (χ1) is 11.3. The Hall–Kier alpha value is -1.29. The van der Waals surface area contributed by atoms with Crippen molar-refractivity contribution in [1.29, 1.82) is 0 Å². The molecular weight excluding hydrogens is 302 g/mol. The van der Waals surface area contributed by atoms with E-state index in [9.17, 15) is 0 Å². The molecule has 0 radical (unpaired) electrons. The molecule has 0 aliphatic carbocycles. The van der Waals surface area contributed by atoms with Crippen LogP contribution in [0.1, 0.15) is 18.4 Å². The van der Waals surface area contributed by atoms with Gasteiger partial charge in [0.25, 0.3) is 0 Å². The van der Waals surface area contributed by atoms with E-state index < -0.39 is 0 Å². The Kier molecular flexibility index (Phi) is 6.14. The molecule has 0 aromatic heterocycles. The van der Waals surface area contributed by atoms with Crippen LogP contribution in [0.4, 0.5) is 0 Å². The number of aliphatic hydroxyl groups excluding tert-OH is 1. The molecule has 1 aliphatic rings. The molecule has 0 spiro atoms. The lowest BCUT2D eigenvalue weighted by Gasteiger charge is -2.14. The molecular formula is C20H25NOS. The Bertz CT molecular complexity index is 605. The molecule has 3 rings (SSSR count). The van der Waals surface area contributed by atoms with Crippen LogP contribution in [0.25, 0.3) is 11.1 Å². The van der Waals surface area contributed by atoms with Crippen molar-refractivity contribution in [2.24, 2.45) is 0 Å². The van der Waals surface area contributed by atoms with Crippen LogP contribution < -0.4 is 0 Å². The molecule has 0 saturated carbocycles. The van der Waals surface area contributed by atoms with Crippen molar-refractivity contribution < 1.29 is 5.11 Å². The Labute approximate surface area is 143 Å². The number of rotatable bonds is 7. The Balaban J connectivity index is 1.62. The van der Waals surface area contributed by atoms with Crippen molar-refractivity contribution in [2.75, 3.05) is 32.0 Å². The molecule has 1 aliphatic heterocycles. The minimum Gasteiger partial charge on any atom is -0.396 e. The van der Waals surface area contributed by atoms with Crippen molar-refractivity contribution >= 4 is 11.8 Å². The van der Waals surface area contributed by atoms with E-state index >= 15 is 0 Å². The summed E-state index contributed by atoms with van der Waals surface area (Å²) >= 11 is 1.70. The lowest BCUT2D eigenvalue weighted by molar-refractivity contribution is 0.322. The second kappa shape index (κ2) is 8.53. The number of benzene rings is 2. The Morgan fingerprint density at radius 2 is 1.74 bits per heavy atom. The molecule has 23 heavy (non-hydrogen) atoms. The smallest absolute Gasteiger partial charge is 0.0525 e. The summed E-state index contributed by atoms with van der Waals surface area (Å²) in [6.45, 7) is 3.96. The largest absolute Gasteiger partial charge is 0.396 e. The molecule has 1 saturated heterocycles. The molecule has 0 amide bonds. The van der Waals surface area contributed by atoms with Gasteiger partial charge in [-0.2, -0.15) is 0 Å². The molecule has 2 nitrogen and oxygen atoms in total. The second-order valence-corrected chi connectivity index (χ2v) is 7.26. The first-order valence-electron chi connectivity index (χ1n) is 8.50. The van der Waals surface area contributed by atoms with Crippen LogP contribution in [-0.4, -0.2) is 42.0 Å². The van der Waals surface area contributed by atoms with Crippen LogP contribution in [0.5, 0.6) is 0 Å². The number of nitrogens with zero attached hydrogens (tertiary/aromatic N) is 1. The zero-order valence-electron chi connectivity index (χ0n) is 13.6. The zero-order valence-corrected chi connectivity index (χ0v) is 14.4. The number of aliphatic hydroxyl groups is 1. The van der Waals surface area contributed by atoms with E-state index in [-0.39, 0.29) is 6.61 Å². The van der Waals surface area contributed by atoms with Crippen LogP contribution in [0.3, 0.4) is 0 Å². The maximum absolute atomic E-state index is 8.95.